The van der Waals surface area contributed by atoms with Gasteiger partial charge in [-0.05, 0) is 37.0 Å². The lowest BCUT2D eigenvalue weighted by molar-refractivity contribution is -0.158. The van der Waals surface area contributed by atoms with Crippen molar-refractivity contribution in [3.8, 4) is 0 Å². The van der Waals surface area contributed by atoms with E-state index in [4.69, 9.17) is 5.11 Å². The topological polar surface area (TPSA) is 54.4 Å². The molecule has 0 spiro atoms. The predicted molar refractivity (Wildman–Crippen MR) is 48.6 cm³/mol. The number of Topliss-reactive ketones (excluding diaryl/α,β-unsaturated/α-hetero) is 1. The summed E-state index contributed by atoms with van der Waals surface area (Å²) < 4.78 is 0. The second-order valence-electron chi connectivity index (χ2n) is 5.04. The number of rotatable bonds is 1. The molecule has 0 radical (unpaired) electrons. The van der Waals surface area contributed by atoms with Crippen LogP contribution in [0.15, 0.2) is 0 Å². The van der Waals surface area contributed by atoms with E-state index in [0.29, 0.717) is 24.2 Å². The smallest absolute Gasteiger partial charge is 0.307 e. The van der Waals surface area contributed by atoms with E-state index >= 15 is 0 Å². The highest BCUT2D eigenvalue weighted by Crippen LogP contribution is 2.57. The Morgan fingerprint density at radius 1 is 1.29 bits per heavy atom. The van der Waals surface area contributed by atoms with Gasteiger partial charge in [-0.3, -0.25) is 9.59 Å². The fraction of sp³-hybridized carbons (Fsp3) is 0.818. The first-order valence-corrected chi connectivity index (χ1v) is 5.44. The van der Waals surface area contributed by atoms with E-state index in [2.05, 4.69) is 0 Å². The second-order valence-corrected chi connectivity index (χ2v) is 5.04. The molecule has 4 aliphatic carbocycles. The van der Waals surface area contributed by atoms with Crippen LogP contribution in [0.3, 0.4) is 0 Å². The first-order chi connectivity index (χ1) is 6.68. The molecule has 0 aliphatic heterocycles. The monoisotopic (exact) mass is 194 g/mol. The highest BCUT2D eigenvalue weighted by atomic mass is 16.4. The largest absolute Gasteiger partial charge is 0.481 e. The lowest BCUT2D eigenvalue weighted by Gasteiger charge is -2.44. The van der Waals surface area contributed by atoms with Gasteiger partial charge in [-0.2, -0.15) is 0 Å². The number of carboxylic acids is 1. The van der Waals surface area contributed by atoms with Gasteiger partial charge in [-0.1, -0.05) is 0 Å². The molecule has 76 valence electrons. The lowest BCUT2D eigenvalue weighted by atomic mass is 9.58. The zero-order valence-electron chi connectivity index (χ0n) is 7.98. The molecule has 4 fully saturated rings. The van der Waals surface area contributed by atoms with Crippen molar-refractivity contribution in [2.75, 3.05) is 0 Å². The Balaban J connectivity index is 2.00. The van der Waals surface area contributed by atoms with Crippen LogP contribution in [0.4, 0.5) is 0 Å². The molecule has 4 bridgehead atoms. The molecule has 5 atom stereocenters. The molecule has 4 saturated carbocycles. The summed E-state index contributed by atoms with van der Waals surface area (Å²) >= 11 is 0. The molecule has 0 amide bonds. The fourth-order valence-electron chi connectivity index (χ4n) is 4.08. The Kier molecular flexibility index (Phi) is 1.56. The van der Waals surface area contributed by atoms with E-state index < -0.39 is 5.97 Å². The van der Waals surface area contributed by atoms with Gasteiger partial charge in [0.25, 0.3) is 0 Å². The van der Waals surface area contributed by atoms with Crippen molar-refractivity contribution in [1.82, 2.24) is 0 Å². The molecule has 0 unspecified atom stereocenters. The van der Waals surface area contributed by atoms with Crippen molar-refractivity contribution >= 4 is 11.8 Å². The van der Waals surface area contributed by atoms with Gasteiger partial charge in [0, 0.05) is 12.3 Å². The minimum Gasteiger partial charge on any atom is -0.481 e. The molecule has 4 aliphatic rings. The molecule has 0 saturated heterocycles. The average Bonchev–Trinajstić information content (AvgIpc) is 2.45. The summed E-state index contributed by atoms with van der Waals surface area (Å²) in [7, 11) is 0. The van der Waals surface area contributed by atoms with E-state index in [1.54, 1.807) is 0 Å². The first kappa shape index (κ1) is 8.45. The van der Waals surface area contributed by atoms with Gasteiger partial charge in [-0.25, -0.2) is 0 Å². The number of hydrogen-bond acceptors (Lipinski definition) is 2. The van der Waals surface area contributed by atoms with E-state index in [1.165, 1.54) is 0 Å². The lowest BCUT2D eigenvalue weighted by Crippen LogP contribution is -2.49. The minimum absolute atomic E-state index is 0.144. The third-order valence-electron chi connectivity index (χ3n) is 4.61. The van der Waals surface area contributed by atoms with Crippen LogP contribution < -0.4 is 0 Å². The fourth-order valence-corrected chi connectivity index (χ4v) is 4.08. The predicted octanol–water partition coefficient (Wildman–Crippen LogP) is 1.32. The van der Waals surface area contributed by atoms with Crippen LogP contribution in [0, 0.1) is 29.6 Å². The zero-order chi connectivity index (χ0) is 9.87. The molecule has 0 heterocycles. The zero-order valence-corrected chi connectivity index (χ0v) is 7.98. The number of aliphatic carboxylic acids is 1. The van der Waals surface area contributed by atoms with Gasteiger partial charge in [0.1, 0.15) is 5.78 Å². The molecular formula is C11H14O3. The maximum absolute atomic E-state index is 11.6. The highest BCUT2D eigenvalue weighted by Gasteiger charge is 2.57. The van der Waals surface area contributed by atoms with Gasteiger partial charge in [-0.15, -0.1) is 0 Å². The van der Waals surface area contributed by atoms with Gasteiger partial charge in [0.05, 0.1) is 5.92 Å². The SMILES string of the molecule is O=C(O)[C@@H]1[C@H]2CC[C@H]3C[C@@H]1C(=O)C[C@H]32. The Hall–Kier alpha value is -0.860. The molecule has 0 aromatic rings. The maximum atomic E-state index is 11.6. The van der Waals surface area contributed by atoms with Crippen LogP contribution in [0.1, 0.15) is 25.7 Å². The van der Waals surface area contributed by atoms with Crippen molar-refractivity contribution in [3.05, 3.63) is 0 Å². The Labute approximate surface area is 82.5 Å². The molecule has 0 aromatic carbocycles. The van der Waals surface area contributed by atoms with Crippen molar-refractivity contribution in [2.24, 2.45) is 29.6 Å². The summed E-state index contributed by atoms with van der Waals surface area (Å²) in [5.74, 6) is 0.381. The van der Waals surface area contributed by atoms with Crippen molar-refractivity contribution in [1.29, 1.82) is 0 Å². The summed E-state index contributed by atoms with van der Waals surface area (Å²) in [6, 6.07) is 0. The van der Waals surface area contributed by atoms with Gasteiger partial charge in [0.2, 0.25) is 0 Å². The van der Waals surface area contributed by atoms with Crippen LogP contribution in [0.25, 0.3) is 0 Å². The van der Waals surface area contributed by atoms with E-state index in [-0.39, 0.29) is 17.6 Å². The number of carbonyl (C=O) groups is 2. The van der Waals surface area contributed by atoms with Gasteiger partial charge in [0.15, 0.2) is 0 Å². The van der Waals surface area contributed by atoms with Crippen LogP contribution >= 0.6 is 0 Å². The molecule has 14 heavy (non-hydrogen) atoms. The number of carboxylic acid groups (broad SMARTS) is 1. The minimum atomic E-state index is -0.738. The number of hydrogen-bond donors (Lipinski definition) is 1. The number of carbonyl (C=O) groups excluding carboxylic acids is 1. The van der Waals surface area contributed by atoms with Gasteiger partial charge < -0.3 is 5.11 Å². The Morgan fingerprint density at radius 3 is 2.79 bits per heavy atom. The van der Waals surface area contributed by atoms with Crippen LogP contribution in [-0.4, -0.2) is 16.9 Å². The number of ketones is 1. The second kappa shape index (κ2) is 2.59. The first-order valence-electron chi connectivity index (χ1n) is 5.44. The summed E-state index contributed by atoms with van der Waals surface area (Å²) in [6.07, 6.45) is 3.72. The van der Waals surface area contributed by atoms with Crippen molar-refractivity contribution < 1.29 is 14.7 Å². The van der Waals surface area contributed by atoms with Crippen LogP contribution in [-0.2, 0) is 9.59 Å². The molecule has 3 nitrogen and oxygen atoms in total. The molecule has 3 heteroatoms. The standard InChI is InChI=1S/C11H14O3/c12-9-4-7-5-1-2-6(7)10(11(13)14)8(9)3-5/h5-8,10H,1-4H2,(H,13,14)/t5-,6-,7+,8+,10+/m0/s1. The Bertz CT molecular complexity index is 310. The van der Waals surface area contributed by atoms with Crippen molar-refractivity contribution in [3.63, 3.8) is 0 Å². The van der Waals surface area contributed by atoms with E-state index in [9.17, 15) is 9.59 Å². The summed E-state index contributed by atoms with van der Waals surface area (Å²) in [4.78, 5) is 22.8. The highest BCUT2D eigenvalue weighted by molar-refractivity contribution is 5.89. The van der Waals surface area contributed by atoms with Crippen LogP contribution in [0.5, 0.6) is 0 Å². The molecule has 1 N–H and O–H groups in total. The van der Waals surface area contributed by atoms with E-state index in [1.807, 2.05) is 0 Å². The summed E-state index contributed by atoms with van der Waals surface area (Å²) in [5.41, 5.74) is 0. The molecule has 0 aromatic heterocycles. The quantitative estimate of drug-likeness (QED) is 0.685. The molecular weight excluding hydrogens is 180 g/mol. The van der Waals surface area contributed by atoms with E-state index in [0.717, 1.165) is 19.3 Å². The third kappa shape index (κ3) is 0.877. The summed E-state index contributed by atoms with van der Waals surface area (Å²) in [5, 5.41) is 9.15. The third-order valence-corrected chi connectivity index (χ3v) is 4.61. The maximum Gasteiger partial charge on any atom is 0.307 e. The van der Waals surface area contributed by atoms with Gasteiger partial charge >= 0.3 is 5.97 Å². The Morgan fingerprint density at radius 2 is 2.07 bits per heavy atom. The van der Waals surface area contributed by atoms with Crippen molar-refractivity contribution in [2.45, 2.75) is 25.7 Å². The average molecular weight is 194 g/mol. The van der Waals surface area contributed by atoms with Crippen LogP contribution in [0.2, 0.25) is 0 Å². The summed E-state index contributed by atoms with van der Waals surface area (Å²) in [6.45, 7) is 0. The normalized spacial score (nSPS) is 49.7. The number of fused-ring (bicyclic) bond motifs is 1. The molecule has 4 rings (SSSR count).